The fourth-order valence-electron chi connectivity index (χ4n) is 3.98. The van der Waals surface area contributed by atoms with Crippen LogP contribution < -0.4 is 15.4 Å². The predicted molar refractivity (Wildman–Crippen MR) is 156 cm³/mol. The number of nitrogens with one attached hydrogen (secondary N) is 2. The second kappa shape index (κ2) is 12.8. The molecule has 2 heterocycles. The third-order valence-electron chi connectivity index (χ3n) is 6.02. The van der Waals surface area contributed by atoms with E-state index in [1.54, 1.807) is 36.5 Å². The molecule has 0 unspecified atom stereocenters. The van der Waals surface area contributed by atoms with Gasteiger partial charge in [0.2, 0.25) is 5.91 Å². The van der Waals surface area contributed by atoms with Gasteiger partial charge in [-0.2, -0.15) is 5.26 Å². The topological polar surface area (TPSA) is 103 Å². The number of hydrogen-bond acceptors (Lipinski definition) is 7. The van der Waals surface area contributed by atoms with Crippen LogP contribution >= 0.6 is 23.2 Å². The summed E-state index contributed by atoms with van der Waals surface area (Å²) in [4.78, 5) is 23.3. The van der Waals surface area contributed by atoms with E-state index in [-0.39, 0.29) is 12.5 Å². The Kier molecular flexibility index (Phi) is 9.20. The molecule has 0 fully saturated rings. The Morgan fingerprint density at radius 1 is 1.13 bits per heavy atom. The van der Waals surface area contributed by atoms with E-state index in [1.807, 2.05) is 38.1 Å². The summed E-state index contributed by atoms with van der Waals surface area (Å²) in [5.74, 6) is 0.409. The molecule has 0 saturated carbocycles. The van der Waals surface area contributed by atoms with Gasteiger partial charge in [-0.05, 0) is 82.0 Å². The average Bonchev–Trinajstić information content (AvgIpc) is 2.89. The van der Waals surface area contributed by atoms with Crippen molar-refractivity contribution in [2.24, 2.45) is 0 Å². The van der Waals surface area contributed by atoms with E-state index in [9.17, 15) is 10.1 Å². The summed E-state index contributed by atoms with van der Waals surface area (Å²) in [6.07, 6.45) is 4.35. The standard InChI is InChI=1S/C29H28Cl2N6O2/c1-18-12-25-21(14-24(18)36-28(38)7-5-11-37(2)3)29(19(15-32)16-34-25)35-20-8-9-27(23(31)13-20)39-17-26-22(30)6-4-10-33-26/h4,6,8-10,12-14,16H,5,7,11,17H2,1-3H3,(H,34,35)(H,36,38). The van der Waals surface area contributed by atoms with Gasteiger partial charge in [-0.15, -0.1) is 0 Å². The molecule has 2 aromatic carbocycles. The normalized spacial score (nSPS) is 10.9. The van der Waals surface area contributed by atoms with E-state index >= 15 is 0 Å². The first kappa shape index (κ1) is 28.1. The molecule has 8 nitrogen and oxygen atoms in total. The average molecular weight is 563 g/mol. The zero-order chi connectivity index (χ0) is 27.9. The number of carbonyl (C=O) groups is 1. The maximum absolute atomic E-state index is 12.6. The van der Waals surface area contributed by atoms with Gasteiger partial charge in [-0.1, -0.05) is 23.2 Å². The van der Waals surface area contributed by atoms with Crippen LogP contribution in [0.4, 0.5) is 17.1 Å². The van der Waals surface area contributed by atoms with Crippen LogP contribution in [0.1, 0.15) is 29.7 Å². The molecule has 4 rings (SSSR count). The Morgan fingerprint density at radius 2 is 1.95 bits per heavy atom. The molecule has 10 heteroatoms. The van der Waals surface area contributed by atoms with Gasteiger partial charge in [-0.25, -0.2) is 0 Å². The highest BCUT2D eigenvalue weighted by Gasteiger charge is 2.15. The lowest BCUT2D eigenvalue weighted by Crippen LogP contribution is -2.17. The minimum Gasteiger partial charge on any atom is -0.486 e. The number of amides is 1. The Morgan fingerprint density at radius 3 is 2.67 bits per heavy atom. The Labute approximate surface area is 237 Å². The Bertz CT molecular complexity index is 1550. The van der Waals surface area contributed by atoms with Crippen LogP contribution in [0.25, 0.3) is 10.9 Å². The van der Waals surface area contributed by atoms with Crippen molar-refractivity contribution in [3.8, 4) is 11.8 Å². The second-order valence-corrected chi connectivity index (χ2v) is 10.1. The minimum atomic E-state index is -0.0624. The molecule has 0 aliphatic heterocycles. The van der Waals surface area contributed by atoms with Crippen LogP contribution in [0.3, 0.4) is 0 Å². The van der Waals surface area contributed by atoms with Gasteiger partial charge >= 0.3 is 0 Å². The number of benzene rings is 2. The van der Waals surface area contributed by atoms with Crippen molar-refractivity contribution >= 4 is 57.1 Å². The number of fused-ring (bicyclic) bond motifs is 1. The third-order valence-corrected chi connectivity index (χ3v) is 6.66. The summed E-state index contributed by atoms with van der Waals surface area (Å²) in [6.45, 7) is 2.91. The number of pyridine rings is 2. The number of ether oxygens (including phenoxy) is 1. The fourth-order valence-corrected chi connectivity index (χ4v) is 4.39. The molecule has 0 atom stereocenters. The van der Waals surface area contributed by atoms with Crippen molar-refractivity contribution in [3.63, 3.8) is 0 Å². The monoisotopic (exact) mass is 562 g/mol. The number of nitriles is 1. The lowest BCUT2D eigenvalue weighted by Gasteiger charge is -2.16. The summed E-state index contributed by atoms with van der Waals surface area (Å²) in [6, 6.07) is 14.7. The summed E-state index contributed by atoms with van der Waals surface area (Å²) < 4.78 is 5.82. The molecule has 0 bridgehead atoms. The van der Waals surface area contributed by atoms with Gasteiger partial charge in [-0.3, -0.25) is 14.8 Å². The summed E-state index contributed by atoms with van der Waals surface area (Å²) in [7, 11) is 3.96. The molecule has 0 aliphatic rings. The molecule has 1 amide bonds. The van der Waals surface area contributed by atoms with Crippen molar-refractivity contribution in [3.05, 3.63) is 81.7 Å². The number of carbonyl (C=O) groups excluding carboxylic acids is 1. The largest absolute Gasteiger partial charge is 0.486 e. The molecule has 2 N–H and O–H groups in total. The highest BCUT2D eigenvalue weighted by Crippen LogP contribution is 2.35. The van der Waals surface area contributed by atoms with Gasteiger partial charge in [0.25, 0.3) is 0 Å². The highest BCUT2D eigenvalue weighted by atomic mass is 35.5. The quantitative estimate of drug-likeness (QED) is 0.221. The summed E-state index contributed by atoms with van der Waals surface area (Å²) >= 11 is 12.7. The number of hydrogen-bond donors (Lipinski definition) is 2. The van der Waals surface area contributed by atoms with Gasteiger partial charge < -0.3 is 20.3 Å². The van der Waals surface area contributed by atoms with Crippen LogP contribution in [0.2, 0.25) is 10.0 Å². The van der Waals surface area contributed by atoms with E-state index in [0.717, 1.165) is 18.5 Å². The van der Waals surface area contributed by atoms with Crippen LogP contribution in [-0.4, -0.2) is 41.4 Å². The van der Waals surface area contributed by atoms with Crippen molar-refractivity contribution < 1.29 is 9.53 Å². The van der Waals surface area contributed by atoms with E-state index < -0.39 is 0 Å². The van der Waals surface area contributed by atoms with E-state index in [1.165, 1.54) is 6.20 Å². The summed E-state index contributed by atoms with van der Waals surface area (Å²) in [5.41, 5.74) is 4.43. The van der Waals surface area contributed by atoms with Gasteiger partial charge in [0.1, 0.15) is 18.4 Å². The fraction of sp³-hybridized carbons (Fsp3) is 0.241. The Balaban J connectivity index is 1.58. The first-order valence-corrected chi connectivity index (χ1v) is 13.1. The molecule has 0 spiro atoms. The molecule has 200 valence electrons. The Hall–Kier alpha value is -3.90. The predicted octanol–water partition coefficient (Wildman–Crippen LogP) is 6.72. The highest BCUT2D eigenvalue weighted by molar-refractivity contribution is 6.32. The SMILES string of the molecule is Cc1cc2ncc(C#N)c(Nc3ccc(OCc4ncccc4Cl)c(Cl)c3)c2cc1NC(=O)CCCN(C)C. The van der Waals surface area contributed by atoms with Gasteiger partial charge in [0, 0.05) is 35.6 Å². The molecule has 0 radical (unpaired) electrons. The van der Waals surface area contributed by atoms with Crippen molar-refractivity contribution in [2.75, 3.05) is 31.3 Å². The summed E-state index contributed by atoms with van der Waals surface area (Å²) in [5, 5.41) is 17.7. The van der Waals surface area contributed by atoms with Crippen molar-refractivity contribution in [2.45, 2.75) is 26.4 Å². The molecule has 39 heavy (non-hydrogen) atoms. The lowest BCUT2D eigenvalue weighted by atomic mass is 10.0. The molecule has 0 saturated heterocycles. The number of anilines is 3. The van der Waals surface area contributed by atoms with Crippen molar-refractivity contribution in [1.82, 2.24) is 14.9 Å². The maximum atomic E-state index is 12.6. The van der Waals surface area contributed by atoms with Crippen LogP contribution in [0.15, 0.2) is 54.9 Å². The first-order valence-electron chi connectivity index (χ1n) is 12.3. The van der Waals surface area contributed by atoms with Crippen molar-refractivity contribution in [1.29, 1.82) is 5.26 Å². The van der Waals surface area contributed by atoms with E-state index in [0.29, 0.717) is 61.4 Å². The molecular weight excluding hydrogens is 535 g/mol. The molecule has 0 aliphatic carbocycles. The van der Waals surface area contributed by atoms with Crippen LogP contribution in [0, 0.1) is 18.3 Å². The third kappa shape index (κ3) is 7.15. The second-order valence-electron chi connectivity index (χ2n) is 9.29. The van der Waals surface area contributed by atoms with Crippen LogP contribution in [0.5, 0.6) is 5.75 Å². The van der Waals surface area contributed by atoms with E-state index in [4.69, 9.17) is 27.9 Å². The molecule has 2 aromatic heterocycles. The number of aryl methyl sites for hydroxylation is 1. The minimum absolute atomic E-state index is 0.0624. The zero-order valence-corrected chi connectivity index (χ0v) is 23.4. The molecule has 4 aromatic rings. The lowest BCUT2D eigenvalue weighted by molar-refractivity contribution is -0.116. The number of nitrogens with zero attached hydrogens (tertiary/aromatic N) is 4. The number of halogens is 2. The van der Waals surface area contributed by atoms with E-state index in [2.05, 4.69) is 26.7 Å². The maximum Gasteiger partial charge on any atom is 0.224 e. The zero-order valence-electron chi connectivity index (χ0n) is 21.9. The number of aromatic nitrogens is 2. The van der Waals surface area contributed by atoms with Gasteiger partial charge in [0.15, 0.2) is 0 Å². The van der Waals surface area contributed by atoms with Crippen LogP contribution in [-0.2, 0) is 11.4 Å². The molecular formula is C29H28Cl2N6O2. The number of rotatable bonds is 10. The first-order chi connectivity index (χ1) is 18.7. The van der Waals surface area contributed by atoms with Gasteiger partial charge in [0.05, 0.1) is 32.5 Å². The smallest absolute Gasteiger partial charge is 0.224 e.